The Morgan fingerprint density at radius 2 is 0.957 bits per heavy atom. The molecule has 0 bridgehead atoms. The molecule has 14 heteroatoms. The molecule has 9 nitrogen and oxygen atoms in total. The predicted octanol–water partition coefficient (Wildman–Crippen LogP) is 7.16. The minimum atomic E-state index is -5.16. The van der Waals surface area contributed by atoms with Crippen LogP contribution in [0.2, 0.25) is 0 Å². The molecule has 0 saturated heterocycles. The number of halogens is 3. The maximum absolute atomic E-state index is 11.0. The zero-order chi connectivity index (χ0) is 34.3. The van der Waals surface area contributed by atoms with Crippen molar-refractivity contribution in [1.29, 1.82) is 0 Å². The van der Waals surface area contributed by atoms with E-state index < -0.39 is 32.9 Å². The third-order valence-corrected chi connectivity index (χ3v) is 8.43. The van der Waals surface area contributed by atoms with Gasteiger partial charge in [-0.15, -0.1) is 0 Å². The normalized spacial score (nSPS) is 14.3. The van der Waals surface area contributed by atoms with Gasteiger partial charge in [-0.2, -0.15) is 13.2 Å². The highest BCUT2D eigenvalue weighted by Gasteiger charge is 2.31. The minimum Gasteiger partial charge on any atom is -0.748 e. The third kappa shape index (κ3) is 15.1. The number of ether oxygens (including phenoxy) is 6. The lowest BCUT2D eigenvalue weighted by atomic mass is 10.3. The highest BCUT2D eigenvalue weighted by molar-refractivity contribution is 7.97. The summed E-state index contributed by atoms with van der Waals surface area (Å²) >= 11 is 0. The lowest BCUT2D eigenvalue weighted by Crippen LogP contribution is -2.21. The average Bonchev–Trinajstić information content (AvgIpc) is 2.93. The predicted molar refractivity (Wildman–Crippen MR) is 167 cm³/mol. The van der Waals surface area contributed by atoms with E-state index in [1.165, 1.54) is 0 Å². The summed E-state index contributed by atoms with van der Waals surface area (Å²) in [6.07, 6.45) is -5.93. The summed E-state index contributed by atoms with van der Waals surface area (Å²) in [6, 6.07) is 24.5. The van der Waals surface area contributed by atoms with Gasteiger partial charge in [0.2, 0.25) is 0 Å². The summed E-state index contributed by atoms with van der Waals surface area (Å²) < 4.78 is 95.9. The maximum atomic E-state index is 11.0. The second kappa shape index (κ2) is 19.0. The van der Waals surface area contributed by atoms with Crippen molar-refractivity contribution in [2.45, 2.75) is 81.3 Å². The first-order valence-electron chi connectivity index (χ1n) is 14.5. The summed E-state index contributed by atoms with van der Waals surface area (Å²) in [5.41, 5.74) is 0. The molecule has 0 aliphatic rings. The number of hydrogen-bond acceptors (Lipinski definition) is 9. The molecule has 3 unspecified atom stereocenters. The Balaban J connectivity index is 0.000000713. The van der Waals surface area contributed by atoms with E-state index in [9.17, 15) is 26.1 Å². The lowest BCUT2D eigenvalue weighted by Gasteiger charge is -2.17. The van der Waals surface area contributed by atoms with E-state index in [0.717, 1.165) is 31.9 Å². The molecule has 256 valence electrons. The van der Waals surface area contributed by atoms with Crippen molar-refractivity contribution in [2.75, 3.05) is 25.6 Å². The van der Waals surface area contributed by atoms with Crippen molar-refractivity contribution in [3.05, 3.63) is 72.8 Å². The second-order valence-corrected chi connectivity index (χ2v) is 12.9. The van der Waals surface area contributed by atoms with E-state index in [2.05, 4.69) is 36.4 Å². The van der Waals surface area contributed by atoms with Gasteiger partial charge in [-0.05, 0) is 77.9 Å². The Labute approximate surface area is 272 Å². The molecule has 0 aromatic heterocycles. The first-order valence-corrected chi connectivity index (χ1v) is 17.3. The zero-order valence-corrected chi connectivity index (χ0v) is 28.2. The molecular formula is C32H41F3O9S2. The van der Waals surface area contributed by atoms with Crippen LogP contribution >= 0.6 is 0 Å². The molecule has 0 spiro atoms. The van der Waals surface area contributed by atoms with Gasteiger partial charge in [-0.1, -0.05) is 18.2 Å². The highest BCUT2D eigenvalue weighted by atomic mass is 32.2. The molecule has 0 aliphatic heterocycles. The monoisotopic (exact) mass is 690 g/mol. The van der Waals surface area contributed by atoms with Crippen LogP contribution < -0.4 is 14.2 Å². The summed E-state index contributed by atoms with van der Waals surface area (Å²) in [5.74, 6) is -0.0258. The fourth-order valence-electron chi connectivity index (χ4n) is 4.01. The molecule has 46 heavy (non-hydrogen) atoms. The van der Waals surface area contributed by atoms with Gasteiger partial charge in [0.1, 0.15) is 33.1 Å². The zero-order valence-electron chi connectivity index (χ0n) is 26.6. The van der Waals surface area contributed by atoms with Gasteiger partial charge in [0.15, 0.2) is 33.6 Å². The Hall–Kier alpha value is -3.01. The van der Waals surface area contributed by atoms with Gasteiger partial charge in [0.25, 0.3) is 0 Å². The van der Waals surface area contributed by atoms with Crippen LogP contribution in [0, 0.1) is 0 Å². The summed E-state index contributed by atoms with van der Waals surface area (Å²) in [4.78, 5) is 3.31. The Morgan fingerprint density at radius 3 is 1.17 bits per heavy atom. The summed E-state index contributed by atoms with van der Waals surface area (Å²) in [7, 11) is -5.62. The SMILES string of the molecule is CCOC(C)Oc1cccc([S+](c2cccc(OC(C)OCC)c2)c2cccc(OC(C)OCC)c2)c1.O=S(=O)([O-])CC(F)(F)F. The Bertz CT molecular complexity index is 1300. The molecule has 0 amide bonds. The van der Waals surface area contributed by atoms with E-state index >= 15 is 0 Å². The molecule has 0 saturated carbocycles. The highest BCUT2D eigenvalue weighted by Crippen LogP contribution is 2.36. The molecule has 3 rings (SSSR count). The Morgan fingerprint density at radius 1 is 0.652 bits per heavy atom. The maximum Gasteiger partial charge on any atom is 0.401 e. The van der Waals surface area contributed by atoms with Crippen LogP contribution in [0.25, 0.3) is 0 Å². The van der Waals surface area contributed by atoms with Crippen LogP contribution in [0.3, 0.4) is 0 Å². The van der Waals surface area contributed by atoms with Gasteiger partial charge in [0, 0.05) is 38.0 Å². The molecule has 0 radical (unpaired) electrons. The van der Waals surface area contributed by atoms with Crippen molar-refractivity contribution in [1.82, 2.24) is 0 Å². The van der Waals surface area contributed by atoms with Gasteiger partial charge in [-0.3, -0.25) is 0 Å². The van der Waals surface area contributed by atoms with Gasteiger partial charge in [-0.25, -0.2) is 8.42 Å². The van der Waals surface area contributed by atoms with E-state index in [-0.39, 0.29) is 18.9 Å². The fraction of sp³-hybridized carbons (Fsp3) is 0.438. The summed E-state index contributed by atoms with van der Waals surface area (Å²) in [5, 5.41) is 0. The summed E-state index contributed by atoms with van der Waals surface area (Å²) in [6.45, 7) is 13.3. The van der Waals surface area contributed by atoms with E-state index in [0.29, 0.717) is 19.8 Å². The topological polar surface area (TPSA) is 113 Å². The number of hydrogen-bond donors (Lipinski definition) is 0. The lowest BCUT2D eigenvalue weighted by molar-refractivity contribution is -0.107. The average molecular weight is 691 g/mol. The smallest absolute Gasteiger partial charge is 0.401 e. The quantitative estimate of drug-likeness (QED) is 0.0878. The molecule has 0 heterocycles. The molecular weight excluding hydrogens is 649 g/mol. The third-order valence-electron chi connectivity index (χ3n) is 5.57. The minimum absolute atomic E-state index is 0.337. The van der Waals surface area contributed by atoms with Crippen LogP contribution in [0.15, 0.2) is 87.5 Å². The van der Waals surface area contributed by atoms with Crippen LogP contribution in [-0.2, 0) is 35.2 Å². The van der Waals surface area contributed by atoms with Crippen molar-refractivity contribution in [2.24, 2.45) is 0 Å². The Kier molecular flexibility index (Phi) is 16.2. The second-order valence-electron chi connectivity index (χ2n) is 9.47. The van der Waals surface area contributed by atoms with Crippen molar-refractivity contribution < 1.29 is 54.6 Å². The van der Waals surface area contributed by atoms with Crippen LogP contribution in [0.4, 0.5) is 13.2 Å². The number of rotatable bonds is 16. The molecule has 0 aliphatic carbocycles. The standard InChI is InChI=1S/C30H39O6S.C2H3F3O3S/c1-7-31-22(4)34-25-13-10-16-28(19-25)37(29-17-11-14-26(20-29)35-23(5)32-8-2)30-18-12-15-27(21-30)36-24(6)33-9-3;3-2(4,5)1-9(6,7)8/h10-24H,7-9H2,1-6H3;1H2,(H,6,7,8)/q+1;/p-1. The first-order chi connectivity index (χ1) is 21.6. The molecule has 0 N–H and O–H groups in total. The molecule has 3 aromatic carbocycles. The van der Waals surface area contributed by atoms with Crippen molar-refractivity contribution >= 4 is 21.0 Å². The molecule has 3 atom stereocenters. The van der Waals surface area contributed by atoms with E-state index in [4.69, 9.17) is 28.4 Å². The van der Waals surface area contributed by atoms with Crippen molar-refractivity contribution in [3.8, 4) is 17.2 Å². The first kappa shape index (κ1) is 39.2. The molecule has 3 aromatic rings. The van der Waals surface area contributed by atoms with Crippen LogP contribution in [0.1, 0.15) is 41.5 Å². The number of alkyl halides is 3. The van der Waals surface area contributed by atoms with Gasteiger partial charge >= 0.3 is 6.18 Å². The van der Waals surface area contributed by atoms with Crippen LogP contribution in [-0.4, -0.2) is 63.6 Å². The number of benzene rings is 3. The van der Waals surface area contributed by atoms with E-state index in [1.54, 1.807) is 0 Å². The van der Waals surface area contributed by atoms with Crippen molar-refractivity contribution in [3.63, 3.8) is 0 Å². The van der Waals surface area contributed by atoms with Gasteiger partial charge in [0.05, 0.1) is 10.9 Å². The fourth-order valence-corrected chi connectivity index (χ4v) is 6.58. The largest absolute Gasteiger partial charge is 0.748 e. The van der Waals surface area contributed by atoms with E-state index in [1.807, 2.05) is 77.9 Å². The molecule has 0 fully saturated rings. The van der Waals surface area contributed by atoms with Gasteiger partial charge < -0.3 is 33.0 Å². The van der Waals surface area contributed by atoms with Crippen LogP contribution in [0.5, 0.6) is 17.2 Å².